The molecular formula is C30H36N4O2. The number of fused-ring (bicyclic) bond motifs is 1. The van der Waals surface area contributed by atoms with Crippen LogP contribution in [0.3, 0.4) is 0 Å². The molecule has 1 aromatic carbocycles. The van der Waals surface area contributed by atoms with E-state index >= 15 is 0 Å². The molecule has 3 aromatic rings. The molecule has 2 heterocycles. The largest absolute Gasteiger partial charge is 0.395 e. The van der Waals surface area contributed by atoms with Gasteiger partial charge in [0.1, 0.15) is 24.6 Å². The lowest BCUT2D eigenvalue weighted by Gasteiger charge is -2.23. The number of pyridine rings is 2. The Kier molecular flexibility index (Phi) is 7.82. The Morgan fingerprint density at radius 1 is 0.917 bits per heavy atom. The average molecular weight is 485 g/mol. The van der Waals surface area contributed by atoms with Gasteiger partial charge in [-0.2, -0.15) is 0 Å². The van der Waals surface area contributed by atoms with E-state index in [1.165, 1.54) is 16.7 Å². The van der Waals surface area contributed by atoms with Gasteiger partial charge in [0.2, 0.25) is 0 Å². The number of aryl methyl sites for hydroxylation is 3. The molecule has 1 aliphatic rings. The highest BCUT2D eigenvalue weighted by Gasteiger charge is 2.24. The van der Waals surface area contributed by atoms with Crippen molar-refractivity contribution in [3.8, 4) is 11.1 Å². The minimum atomic E-state index is -0.267. The maximum atomic E-state index is 5.86. The SMILES string of the molecule is CC(=NOCC(C)(C)CON=C1CCCc2c(-c3ccccc3)cc(C)nc21)c1cc(C)cc(C)n1. The molecule has 0 saturated heterocycles. The fraction of sp³-hybridized carbons (Fsp3) is 0.400. The van der Waals surface area contributed by atoms with Gasteiger partial charge in [-0.3, -0.25) is 9.97 Å². The molecule has 6 heteroatoms. The lowest BCUT2D eigenvalue weighted by molar-refractivity contribution is -0.000158. The number of oxime groups is 2. The van der Waals surface area contributed by atoms with Crippen LogP contribution in [-0.2, 0) is 16.1 Å². The summed E-state index contributed by atoms with van der Waals surface area (Å²) in [4.78, 5) is 20.9. The summed E-state index contributed by atoms with van der Waals surface area (Å²) in [5.41, 5.74) is 10.0. The molecule has 36 heavy (non-hydrogen) atoms. The highest BCUT2D eigenvalue weighted by molar-refractivity contribution is 6.02. The minimum absolute atomic E-state index is 0.267. The van der Waals surface area contributed by atoms with Crippen molar-refractivity contribution in [3.63, 3.8) is 0 Å². The number of hydrogen-bond donors (Lipinski definition) is 0. The molecule has 0 aliphatic heterocycles. The highest BCUT2D eigenvalue weighted by atomic mass is 16.6. The number of benzene rings is 1. The summed E-state index contributed by atoms with van der Waals surface area (Å²) in [5.74, 6) is 0. The smallest absolute Gasteiger partial charge is 0.125 e. The minimum Gasteiger partial charge on any atom is -0.395 e. The van der Waals surface area contributed by atoms with E-state index in [2.05, 4.69) is 66.4 Å². The lowest BCUT2D eigenvalue weighted by Crippen LogP contribution is -2.25. The van der Waals surface area contributed by atoms with Crippen LogP contribution in [0.1, 0.15) is 67.5 Å². The number of rotatable bonds is 8. The first-order valence-electron chi connectivity index (χ1n) is 12.6. The molecule has 1 aliphatic carbocycles. The van der Waals surface area contributed by atoms with E-state index in [1.54, 1.807) is 0 Å². The molecule has 0 spiro atoms. The Morgan fingerprint density at radius 2 is 1.64 bits per heavy atom. The molecule has 4 rings (SSSR count). The van der Waals surface area contributed by atoms with Crippen molar-refractivity contribution >= 4 is 11.4 Å². The van der Waals surface area contributed by atoms with Crippen LogP contribution in [0.25, 0.3) is 11.1 Å². The van der Waals surface area contributed by atoms with Gasteiger partial charge in [0.05, 0.1) is 11.4 Å². The summed E-state index contributed by atoms with van der Waals surface area (Å²) in [6, 6.07) is 16.7. The molecule has 0 saturated carbocycles. The van der Waals surface area contributed by atoms with Crippen LogP contribution in [-0.4, -0.2) is 34.6 Å². The first kappa shape index (κ1) is 25.5. The summed E-state index contributed by atoms with van der Waals surface area (Å²) in [6.45, 7) is 13.0. The second kappa shape index (κ2) is 11.0. The van der Waals surface area contributed by atoms with Crippen LogP contribution in [0.4, 0.5) is 0 Å². The van der Waals surface area contributed by atoms with Crippen LogP contribution in [0.15, 0.2) is 58.8 Å². The molecular weight excluding hydrogens is 448 g/mol. The Bertz CT molecular complexity index is 1260. The fourth-order valence-corrected chi connectivity index (χ4v) is 4.41. The molecule has 0 fully saturated rings. The highest BCUT2D eigenvalue weighted by Crippen LogP contribution is 2.32. The topological polar surface area (TPSA) is 69.0 Å². The van der Waals surface area contributed by atoms with Gasteiger partial charge >= 0.3 is 0 Å². The van der Waals surface area contributed by atoms with E-state index in [0.29, 0.717) is 13.2 Å². The summed E-state index contributed by atoms with van der Waals surface area (Å²) < 4.78 is 0. The molecule has 0 atom stereocenters. The Labute approximate surface area is 214 Å². The number of aromatic nitrogens is 2. The van der Waals surface area contributed by atoms with Gasteiger partial charge in [0.25, 0.3) is 0 Å². The van der Waals surface area contributed by atoms with Gasteiger partial charge < -0.3 is 9.68 Å². The molecule has 0 unspecified atom stereocenters. The third-order valence-electron chi connectivity index (χ3n) is 6.21. The summed E-state index contributed by atoms with van der Waals surface area (Å²) in [5, 5.41) is 8.84. The van der Waals surface area contributed by atoms with E-state index in [1.807, 2.05) is 39.0 Å². The van der Waals surface area contributed by atoms with Gasteiger partial charge in [-0.1, -0.05) is 54.5 Å². The van der Waals surface area contributed by atoms with Gasteiger partial charge in [0.15, 0.2) is 0 Å². The Balaban J connectivity index is 1.42. The van der Waals surface area contributed by atoms with Crippen molar-refractivity contribution in [3.05, 3.63) is 82.4 Å². The normalized spacial score (nSPS) is 15.1. The van der Waals surface area contributed by atoms with E-state index < -0.39 is 0 Å². The quantitative estimate of drug-likeness (QED) is 0.267. The third kappa shape index (κ3) is 6.36. The fourth-order valence-electron chi connectivity index (χ4n) is 4.41. The van der Waals surface area contributed by atoms with Crippen molar-refractivity contribution in [2.75, 3.05) is 13.2 Å². The summed E-state index contributed by atoms with van der Waals surface area (Å²) >= 11 is 0. The number of nitrogens with zero attached hydrogens (tertiary/aromatic N) is 4. The van der Waals surface area contributed by atoms with Gasteiger partial charge in [-0.15, -0.1) is 0 Å². The first-order valence-corrected chi connectivity index (χ1v) is 12.6. The van der Waals surface area contributed by atoms with Gasteiger partial charge in [0, 0.05) is 16.8 Å². The molecule has 0 amide bonds. The van der Waals surface area contributed by atoms with E-state index in [4.69, 9.17) is 14.7 Å². The van der Waals surface area contributed by atoms with E-state index in [9.17, 15) is 0 Å². The average Bonchev–Trinajstić information content (AvgIpc) is 2.83. The van der Waals surface area contributed by atoms with E-state index in [0.717, 1.165) is 59.0 Å². The standard InChI is InChI=1S/C30H36N4O2/c1-20-15-21(2)31-28(16-20)23(4)33-35-18-30(5,6)19-36-34-27-14-10-13-25-26(17-22(3)32-29(25)27)24-11-8-7-9-12-24/h7-9,11-12,15-17H,10,13-14,18-19H2,1-6H3. The van der Waals surface area contributed by atoms with Crippen LogP contribution in [0.2, 0.25) is 0 Å². The predicted octanol–water partition coefficient (Wildman–Crippen LogP) is 6.59. The molecule has 0 bridgehead atoms. The third-order valence-corrected chi connectivity index (χ3v) is 6.21. The van der Waals surface area contributed by atoms with Crippen molar-refractivity contribution in [2.24, 2.45) is 15.7 Å². The Morgan fingerprint density at radius 3 is 2.39 bits per heavy atom. The second-order valence-electron chi connectivity index (χ2n) is 10.5. The second-order valence-corrected chi connectivity index (χ2v) is 10.5. The lowest BCUT2D eigenvalue weighted by atomic mass is 9.88. The van der Waals surface area contributed by atoms with Gasteiger partial charge in [-0.05, 0) is 87.4 Å². The predicted molar refractivity (Wildman–Crippen MR) is 145 cm³/mol. The molecule has 0 N–H and O–H groups in total. The van der Waals surface area contributed by atoms with Gasteiger partial charge in [-0.25, -0.2) is 0 Å². The zero-order chi connectivity index (χ0) is 25.7. The molecule has 6 nitrogen and oxygen atoms in total. The van der Waals surface area contributed by atoms with Crippen LogP contribution in [0, 0.1) is 26.2 Å². The van der Waals surface area contributed by atoms with Crippen LogP contribution in [0.5, 0.6) is 0 Å². The zero-order valence-electron chi connectivity index (χ0n) is 22.3. The number of hydrogen-bond acceptors (Lipinski definition) is 6. The van der Waals surface area contributed by atoms with Crippen molar-refractivity contribution in [1.82, 2.24) is 9.97 Å². The van der Waals surface area contributed by atoms with Crippen LogP contribution < -0.4 is 0 Å². The van der Waals surface area contributed by atoms with Crippen molar-refractivity contribution in [2.45, 2.75) is 60.8 Å². The summed E-state index contributed by atoms with van der Waals surface area (Å²) in [6.07, 6.45) is 2.89. The van der Waals surface area contributed by atoms with Crippen molar-refractivity contribution < 1.29 is 9.68 Å². The molecule has 2 aromatic heterocycles. The summed E-state index contributed by atoms with van der Waals surface area (Å²) in [7, 11) is 0. The maximum Gasteiger partial charge on any atom is 0.125 e. The van der Waals surface area contributed by atoms with Crippen LogP contribution >= 0.6 is 0 Å². The first-order chi connectivity index (χ1) is 17.2. The Hall–Kier alpha value is -3.54. The van der Waals surface area contributed by atoms with Crippen molar-refractivity contribution in [1.29, 1.82) is 0 Å². The van der Waals surface area contributed by atoms with E-state index in [-0.39, 0.29) is 5.41 Å². The maximum absolute atomic E-state index is 5.86. The monoisotopic (exact) mass is 484 g/mol. The zero-order valence-corrected chi connectivity index (χ0v) is 22.3. The molecule has 188 valence electrons. The molecule has 0 radical (unpaired) electrons.